The summed E-state index contributed by atoms with van der Waals surface area (Å²) in [4.78, 5) is 14.7. The number of amides is 1. The molecule has 3 rings (SSSR count). The van der Waals surface area contributed by atoms with Gasteiger partial charge in [-0.25, -0.2) is 0 Å². The SMILES string of the molecule is O=C([C@@H]1CCCN1)N(C1CC1)[C@@H]1CCSC1. The molecule has 2 atom stereocenters. The van der Waals surface area contributed by atoms with E-state index >= 15 is 0 Å². The summed E-state index contributed by atoms with van der Waals surface area (Å²) in [5.41, 5.74) is 0. The summed E-state index contributed by atoms with van der Waals surface area (Å²) < 4.78 is 0. The molecule has 1 N–H and O–H groups in total. The van der Waals surface area contributed by atoms with Crippen LogP contribution in [-0.2, 0) is 4.79 Å². The first-order chi connectivity index (χ1) is 7.86. The quantitative estimate of drug-likeness (QED) is 0.805. The lowest BCUT2D eigenvalue weighted by Gasteiger charge is -2.31. The Balaban J connectivity index is 1.68. The molecule has 1 saturated carbocycles. The third kappa shape index (κ3) is 2.09. The highest BCUT2D eigenvalue weighted by molar-refractivity contribution is 7.99. The molecule has 1 aliphatic carbocycles. The molecule has 0 aromatic rings. The average molecular weight is 240 g/mol. The Labute approximate surface area is 101 Å². The molecule has 3 aliphatic rings. The zero-order chi connectivity index (χ0) is 11.0. The third-order valence-electron chi connectivity index (χ3n) is 3.85. The number of hydrogen-bond acceptors (Lipinski definition) is 3. The number of nitrogens with one attached hydrogen (secondary N) is 1. The van der Waals surface area contributed by atoms with Gasteiger partial charge in [0.15, 0.2) is 0 Å². The van der Waals surface area contributed by atoms with E-state index in [1.54, 1.807) is 0 Å². The molecule has 0 radical (unpaired) electrons. The van der Waals surface area contributed by atoms with Gasteiger partial charge in [-0.1, -0.05) is 0 Å². The Morgan fingerprint density at radius 1 is 1.19 bits per heavy atom. The number of carbonyl (C=O) groups excluding carboxylic acids is 1. The van der Waals surface area contributed by atoms with Gasteiger partial charge in [0.2, 0.25) is 5.91 Å². The van der Waals surface area contributed by atoms with Gasteiger partial charge in [-0.3, -0.25) is 4.79 Å². The molecular formula is C12H20N2OS. The Morgan fingerprint density at radius 2 is 2.06 bits per heavy atom. The van der Waals surface area contributed by atoms with E-state index in [-0.39, 0.29) is 6.04 Å². The molecule has 2 aliphatic heterocycles. The highest BCUT2D eigenvalue weighted by atomic mass is 32.2. The van der Waals surface area contributed by atoms with Crippen molar-refractivity contribution in [3.05, 3.63) is 0 Å². The fourth-order valence-corrected chi connectivity index (χ4v) is 4.03. The predicted octanol–water partition coefficient (Wildman–Crippen LogP) is 1.23. The Bertz CT molecular complexity index is 268. The van der Waals surface area contributed by atoms with Gasteiger partial charge in [0.05, 0.1) is 6.04 Å². The second kappa shape index (κ2) is 4.57. The fourth-order valence-electron chi connectivity index (χ4n) is 2.83. The zero-order valence-corrected chi connectivity index (χ0v) is 10.5. The molecule has 0 spiro atoms. The van der Waals surface area contributed by atoms with E-state index in [0.717, 1.165) is 25.1 Å². The highest BCUT2D eigenvalue weighted by Crippen LogP contribution is 2.34. The van der Waals surface area contributed by atoms with E-state index in [1.807, 2.05) is 11.8 Å². The molecule has 0 unspecified atom stereocenters. The Kier molecular flexibility index (Phi) is 3.11. The van der Waals surface area contributed by atoms with Crippen LogP contribution in [0.3, 0.4) is 0 Å². The van der Waals surface area contributed by atoms with Crippen molar-refractivity contribution in [3.63, 3.8) is 0 Å². The van der Waals surface area contributed by atoms with Crippen LogP contribution >= 0.6 is 11.8 Å². The van der Waals surface area contributed by atoms with E-state index in [0.29, 0.717) is 18.0 Å². The molecule has 3 nitrogen and oxygen atoms in total. The van der Waals surface area contributed by atoms with Gasteiger partial charge in [-0.15, -0.1) is 0 Å². The van der Waals surface area contributed by atoms with Crippen LogP contribution < -0.4 is 5.32 Å². The van der Waals surface area contributed by atoms with Crippen molar-refractivity contribution in [3.8, 4) is 0 Å². The summed E-state index contributed by atoms with van der Waals surface area (Å²) in [5.74, 6) is 2.79. The molecular weight excluding hydrogens is 220 g/mol. The maximum absolute atomic E-state index is 12.5. The van der Waals surface area contributed by atoms with Crippen LogP contribution in [0.15, 0.2) is 0 Å². The number of thioether (sulfide) groups is 1. The number of hydrogen-bond donors (Lipinski definition) is 1. The second-order valence-corrected chi connectivity index (χ2v) is 6.29. The van der Waals surface area contributed by atoms with Gasteiger partial charge in [-0.2, -0.15) is 11.8 Å². The van der Waals surface area contributed by atoms with Crippen molar-refractivity contribution in [2.75, 3.05) is 18.1 Å². The second-order valence-electron chi connectivity index (χ2n) is 5.14. The van der Waals surface area contributed by atoms with Crippen molar-refractivity contribution in [2.45, 2.75) is 50.2 Å². The molecule has 2 heterocycles. The largest absolute Gasteiger partial charge is 0.335 e. The average Bonchev–Trinajstić information content (AvgIpc) is 2.83. The topological polar surface area (TPSA) is 32.3 Å². The maximum atomic E-state index is 12.5. The van der Waals surface area contributed by atoms with Gasteiger partial charge >= 0.3 is 0 Å². The lowest BCUT2D eigenvalue weighted by atomic mass is 10.1. The van der Waals surface area contributed by atoms with Crippen LogP contribution in [0.25, 0.3) is 0 Å². The van der Waals surface area contributed by atoms with Crippen molar-refractivity contribution in [1.29, 1.82) is 0 Å². The van der Waals surface area contributed by atoms with Crippen molar-refractivity contribution in [1.82, 2.24) is 10.2 Å². The molecule has 3 fully saturated rings. The van der Waals surface area contributed by atoms with Gasteiger partial charge in [0.1, 0.15) is 0 Å². The Morgan fingerprint density at radius 3 is 2.62 bits per heavy atom. The van der Waals surface area contributed by atoms with E-state index in [1.165, 1.54) is 25.0 Å². The third-order valence-corrected chi connectivity index (χ3v) is 5.00. The lowest BCUT2D eigenvalue weighted by Crippen LogP contribution is -2.49. The minimum atomic E-state index is 0.131. The van der Waals surface area contributed by atoms with Crippen LogP contribution in [0.5, 0.6) is 0 Å². The van der Waals surface area contributed by atoms with Crippen molar-refractivity contribution < 1.29 is 4.79 Å². The Hall–Kier alpha value is -0.220. The lowest BCUT2D eigenvalue weighted by molar-refractivity contribution is -0.135. The van der Waals surface area contributed by atoms with Gasteiger partial charge in [0, 0.05) is 17.8 Å². The first-order valence-electron chi connectivity index (χ1n) is 6.49. The summed E-state index contributed by atoms with van der Waals surface area (Å²) in [6, 6.07) is 1.25. The maximum Gasteiger partial charge on any atom is 0.240 e. The first-order valence-corrected chi connectivity index (χ1v) is 7.65. The molecule has 0 aromatic carbocycles. The molecule has 0 bridgehead atoms. The van der Waals surface area contributed by atoms with Crippen molar-refractivity contribution >= 4 is 17.7 Å². The van der Waals surface area contributed by atoms with E-state index < -0.39 is 0 Å². The van der Waals surface area contributed by atoms with E-state index in [2.05, 4.69) is 10.2 Å². The zero-order valence-electron chi connectivity index (χ0n) is 9.65. The summed E-state index contributed by atoms with van der Waals surface area (Å²) in [7, 11) is 0. The van der Waals surface area contributed by atoms with Crippen LogP contribution in [0.1, 0.15) is 32.1 Å². The normalized spacial score (nSPS) is 34.2. The van der Waals surface area contributed by atoms with Crippen LogP contribution in [0, 0.1) is 0 Å². The van der Waals surface area contributed by atoms with Crippen LogP contribution in [0.2, 0.25) is 0 Å². The number of nitrogens with zero attached hydrogens (tertiary/aromatic N) is 1. The minimum absolute atomic E-state index is 0.131. The molecule has 16 heavy (non-hydrogen) atoms. The predicted molar refractivity (Wildman–Crippen MR) is 66.6 cm³/mol. The van der Waals surface area contributed by atoms with Gasteiger partial charge in [-0.05, 0) is 44.4 Å². The molecule has 4 heteroatoms. The number of carbonyl (C=O) groups is 1. The minimum Gasteiger partial charge on any atom is -0.335 e. The monoisotopic (exact) mass is 240 g/mol. The van der Waals surface area contributed by atoms with Crippen molar-refractivity contribution in [2.24, 2.45) is 0 Å². The fraction of sp³-hybridized carbons (Fsp3) is 0.917. The molecule has 1 amide bonds. The summed E-state index contributed by atoms with van der Waals surface area (Å²) >= 11 is 2.00. The molecule has 90 valence electrons. The van der Waals surface area contributed by atoms with Crippen LogP contribution in [0.4, 0.5) is 0 Å². The number of rotatable bonds is 3. The standard InChI is InChI=1S/C12H20N2OS/c15-12(11-2-1-6-13-11)14(9-3-4-9)10-5-7-16-8-10/h9-11,13H,1-8H2/t10-,11+/m1/s1. The van der Waals surface area contributed by atoms with E-state index in [4.69, 9.17) is 0 Å². The van der Waals surface area contributed by atoms with E-state index in [9.17, 15) is 4.79 Å². The summed E-state index contributed by atoms with van der Waals surface area (Å²) in [5, 5.41) is 3.34. The molecule has 0 aromatic heterocycles. The molecule has 2 saturated heterocycles. The van der Waals surface area contributed by atoms with Gasteiger partial charge < -0.3 is 10.2 Å². The summed E-state index contributed by atoms with van der Waals surface area (Å²) in [6.45, 7) is 1.02. The summed E-state index contributed by atoms with van der Waals surface area (Å²) in [6.07, 6.45) is 5.88. The van der Waals surface area contributed by atoms with Gasteiger partial charge in [0.25, 0.3) is 0 Å². The smallest absolute Gasteiger partial charge is 0.240 e. The van der Waals surface area contributed by atoms with Crippen LogP contribution in [-0.4, -0.2) is 47.0 Å². The highest BCUT2D eigenvalue weighted by Gasteiger charge is 2.41. The first kappa shape index (κ1) is 10.9.